The molecule has 3 heteroatoms. The van der Waals surface area contributed by atoms with Crippen molar-refractivity contribution in [3.05, 3.63) is 95.8 Å². The molecule has 30 heavy (non-hydrogen) atoms. The molecule has 0 radical (unpaired) electrons. The fourth-order valence-electron chi connectivity index (χ4n) is 4.02. The number of ether oxygens (including phenoxy) is 1. The number of rotatable bonds is 7. The fraction of sp³-hybridized carbons (Fsp3) is 0.222. The molecule has 1 aliphatic carbocycles. The predicted octanol–water partition coefficient (Wildman–Crippen LogP) is 6.66. The minimum atomic E-state index is -0.740. The summed E-state index contributed by atoms with van der Waals surface area (Å²) in [7, 11) is 0. The first-order valence-corrected chi connectivity index (χ1v) is 10.4. The smallest absolute Gasteiger partial charge is 0.303 e. The second-order valence-corrected chi connectivity index (χ2v) is 7.86. The third-order valence-electron chi connectivity index (χ3n) is 5.64. The average Bonchev–Trinajstić information content (AvgIpc) is 2.77. The van der Waals surface area contributed by atoms with E-state index in [2.05, 4.69) is 79.7 Å². The van der Waals surface area contributed by atoms with E-state index in [1.54, 1.807) is 0 Å². The number of carboxylic acid groups (broad SMARTS) is 1. The summed E-state index contributed by atoms with van der Waals surface area (Å²) in [6, 6.07) is 21.4. The number of hydrogen-bond donors (Lipinski definition) is 1. The standard InChI is InChI=1S/C27H26O3/c1-19-9-13-22-6-2-3-8-25(22)27(19)23-7-4-5-21(17-23)18-30-24-14-10-20(11-15-24)12-16-26(28)29/h2-10,13-15,17,20H,11-12,16,18H2,1H3,(H,28,29). The molecule has 3 nitrogen and oxygen atoms in total. The highest BCUT2D eigenvalue weighted by Crippen LogP contribution is 2.32. The molecule has 0 aromatic heterocycles. The zero-order valence-corrected chi connectivity index (χ0v) is 17.2. The molecule has 4 rings (SSSR count). The van der Waals surface area contributed by atoms with Crippen molar-refractivity contribution in [1.82, 2.24) is 0 Å². The van der Waals surface area contributed by atoms with E-state index in [0.717, 1.165) is 17.7 Å². The Balaban J connectivity index is 1.46. The molecule has 3 aromatic carbocycles. The zero-order valence-electron chi connectivity index (χ0n) is 17.2. The van der Waals surface area contributed by atoms with Crippen molar-refractivity contribution in [3.63, 3.8) is 0 Å². The van der Waals surface area contributed by atoms with Gasteiger partial charge in [0.1, 0.15) is 12.4 Å². The molecule has 1 aliphatic rings. The molecule has 1 N–H and O–H groups in total. The highest BCUT2D eigenvalue weighted by molar-refractivity contribution is 5.98. The number of carbonyl (C=O) groups is 1. The molecule has 0 bridgehead atoms. The minimum Gasteiger partial charge on any atom is -0.489 e. The maximum atomic E-state index is 10.7. The van der Waals surface area contributed by atoms with Gasteiger partial charge in [0, 0.05) is 6.42 Å². The van der Waals surface area contributed by atoms with Crippen LogP contribution in [0.5, 0.6) is 0 Å². The first kappa shape index (κ1) is 20.0. The maximum Gasteiger partial charge on any atom is 0.303 e. The Kier molecular flexibility index (Phi) is 5.99. The maximum absolute atomic E-state index is 10.7. The van der Waals surface area contributed by atoms with Gasteiger partial charge in [0.05, 0.1) is 0 Å². The Morgan fingerprint density at radius 2 is 1.97 bits per heavy atom. The molecule has 3 aromatic rings. The number of allylic oxidation sites excluding steroid dienone is 3. The van der Waals surface area contributed by atoms with E-state index in [1.165, 1.54) is 27.5 Å². The van der Waals surface area contributed by atoms with Gasteiger partial charge in [0.2, 0.25) is 0 Å². The Morgan fingerprint density at radius 1 is 1.10 bits per heavy atom. The van der Waals surface area contributed by atoms with Crippen LogP contribution >= 0.6 is 0 Å². The molecule has 0 spiro atoms. The third-order valence-corrected chi connectivity index (χ3v) is 5.64. The Morgan fingerprint density at radius 3 is 2.77 bits per heavy atom. The summed E-state index contributed by atoms with van der Waals surface area (Å²) in [4.78, 5) is 10.7. The van der Waals surface area contributed by atoms with Crippen LogP contribution in [0.4, 0.5) is 0 Å². The molecule has 0 saturated carbocycles. The molecule has 1 atom stereocenters. The summed E-state index contributed by atoms with van der Waals surface area (Å²) in [6.45, 7) is 2.66. The van der Waals surface area contributed by atoms with Crippen molar-refractivity contribution in [2.45, 2.75) is 32.8 Å². The second-order valence-electron chi connectivity index (χ2n) is 7.86. The molecule has 0 heterocycles. The van der Waals surface area contributed by atoms with E-state index in [1.807, 2.05) is 6.08 Å². The van der Waals surface area contributed by atoms with Crippen molar-refractivity contribution in [2.75, 3.05) is 0 Å². The summed E-state index contributed by atoms with van der Waals surface area (Å²) in [5, 5.41) is 11.3. The van der Waals surface area contributed by atoms with Crippen LogP contribution in [-0.2, 0) is 16.1 Å². The van der Waals surface area contributed by atoms with Gasteiger partial charge in [0.25, 0.3) is 0 Å². The first-order valence-electron chi connectivity index (χ1n) is 10.4. The van der Waals surface area contributed by atoms with Gasteiger partial charge >= 0.3 is 5.97 Å². The molecule has 1 unspecified atom stereocenters. The third kappa shape index (κ3) is 4.62. The van der Waals surface area contributed by atoms with Gasteiger partial charge in [-0.1, -0.05) is 60.7 Å². The number of benzene rings is 3. The predicted molar refractivity (Wildman–Crippen MR) is 121 cm³/mol. The molecule has 152 valence electrons. The SMILES string of the molecule is Cc1ccc2ccccc2c1-c1cccc(COC2=CCC(CCC(=O)O)C=C2)c1. The Hall–Kier alpha value is -3.33. The van der Waals surface area contributed by atoms with Crippen LogP contribution in [0.2, 0.25) is 0 Å². The Bertz CT molecular complexity index is 1120. The fourth-order valence-corrected chi connectivity index (χ4v) is 4.02. The van der Waals surface area contributed by atoms with Crippen LogP contribution in [0, 0.1) is 12.8 Å². The minimum absolute atomic E-state index is 0.208. The summed E-state index contributed by atoms with van der Waals surface area (Å²) < 4.78 is 6.01. The molecule has 0 saturated heterocycles. The molecular formula is C27H26O3. The molecule has 0 amide bonds. The van der Waals surface area contributed by atoms with Crippen LogP contribution in [0.25, 0.3) is 21.9 Å². The Labute approximate surface area is 177 Å². The van der Waals surface area contributed by atoms with Gasteiger partial charge in [0.15, 0.2) is 0 Å². The van der Waals surface area contributed by atoms with Gasteiger partial charge in [-0.3, -0.25) is 4.79 Å². The normalized spacial score (nSPS) is 15.8. The van der Waals surface area contributed by atoms with E-state index in [4.69, 9.17) is 9.84 Å². The summed E-state index contributed by atoms with van der Waals surface area (Å²) >= 11 is 0. The van der Waals surface area contributed by atoms with E-state index in [9.17, 15) is 4.79 Å². The van der Waals surface area contributed by atoms with Crippen LogP contribution < -0.4 is 0 Å². The highest BCUT2D eigenvalue weighted by atomic mass is 16.5. The van der Waals surface area contributed by atoms with Crippen molar-refractivity contribution in [1.29, 1.82) is 0 Å². The number of fused-ring (bicyclic) bond motifs is 1. The largest absolute Gasteiger partial charge is 0.489 e. The van der Waals surface area contributed by atoms with Crippen LogP contribution in [-0.4, -0.2) is 11.1 Å². The number of aliphatic carboxylic acids is 1. The van der Waals surface area contributed by atoms with Crippen LogP contribution in [0.15, 0.2) is 84.7 Å². The molecular weight excluding hydrogens is 372 g/mol. The summed E-state index contributed by atoms with van der Waals surface area (Å²) in [6.07, 6.45) is 7.80. The van der Waals surface area contributed by atoms with Gasteiger partial charge in [-0.2, -0.15) is 0 Å². The average molecular weight is 399 g/mol. The zero-order chi connectivity index (χ0) is 20.9. The van der Waals surface area contributed by atoms with Crippen LogP contribution in [0.3, 0.4) is 0 Å². The lowest BCUT2D eigenvalue weighted by molar-refractivity contribution is -0.137. The van der Waals surface area contributed by atoms with Gasteiger partial charge in [-0.25, -0.2) is 0 Å². The number of aryl methyl sites for hydroxylation is 1. The van der Waals surface area contributed by atoms with Gasteiger partial charge in [-0.05, 0) is 76.9 Å². The van der Waals surface area contributed by atoms with Gasteiger partial charge < -0.3 is 9.84 Å². The first-order chi connectivity index (χ1) is 14.6. The van der Waals surface area contributed by atoms with E-state index in [0.29, 0.717) is 13.0 Å². The topological polar surface area (TPSA) is 46.5 Å². The van der Waals surface area contributed by atoms with Crippen molar-refractivity contribution < 1.29 is 14.6 Å². The lowest BCUT2D eigenvalue weighted by Crippen LogP contribution is -2.05. The molecule has 0 fully saturated rings. The summed E-state index contributed by atoms with van der Waals surface area (Å²) in [5.74, 6) is 0.398. The lowest BCUT2D eigenvalue weighted by atomic mass is 9.93. The number of hydrogen-bond acceptors (Lipinski definition) is 2. The lowest BCUT2D eigenvalue weighted by Gasteiger charge is -2.16. The highest BCUT2D eigenvalue weighted by Gasteiger charge is 2.12. The van der Waals surface area contributed by atoms with Crippen molar-refractivity contribution in [3.8, 4) is 11.1 Å². The second kappa shape index (κ2) is 9.00. The van der Waals surface area contributed by atoms with Crippen LogP contribution in [0.1, 0.15) is 30.4 Å². The van der Waals surface area contributed by atoms with Crippen molar-refractivity contribution >= 4 is 16.7 Å². The van der Waals surface area contributed by atoms with Crippen molar-refractivity contribution in [2.24, 2.45) is 5.92 Å². The monoisotopic (exact) mass is 398 g/mol. The van der Waals surface area contributed by atoms with E-state index in [-0.39, 0.29) is 12.3 Å². The van der Waals surface area contributed by atoms with Gasteiger partial charge in [-0.15, -0.1) is 0 Å². The molecule has 0 aliphatic heterocycles. The summed E-state index contributed by atoms with van der Waals surface area (Å²) in [5.41, 5.74) is 4.86. The van der Waals surface area contributed by atoms with E-state index < -0.39 is 5.97 Å². The number of carboxylic acids is 1. The quantitative estimate of drug-likeness (QED) is 0.484. The van der Waals surface area contributed by atoms with E-state index >= 15 is 0 Å².